The number of nitrogens with zero attached hydrogens (tertiary/aromatic N) is 3. The number of benzene rings is 3. The molecule has 3 aromatic carbocycles. The topological polar surface area (TPSA) is 54.4 Å². The summed E-state index contributed by atoms with van der Waals surface area (Å²) in [6.07, 6.45) is 0.612. The summed E-state index contributed by atoms with van der Waals surface area (Å²) in [4.78, 5) is 15.6. The molecule has 4 rings (SSSR count). The lowest BCUT2D eigenvalue weighted by Crippen LogP contribution is -2.36. The first kappa shape index (κ1) is 24.5. The fourth-order valence-electron chi connectivity index (χ4n) is 4.64. The second kappa shape index (κ2) is 10.7. The van der Waals surface area contributed by atoms with Gasteiger partial charge in [0.25, 0.3) is 5.91 Å². The Kier molecular flexibility index (Phi) is 7.51. The number of aryl methyl sites for hydroxylation is 2. The lowest BCUT2D eigenvalue weighted by atomic mass is 9.94. The van der Waals surface area contributed by atoms with Crippen LogP contribution in [-0.4, -0.2) is 49.3 Å². The first-order chi connectivity index (χ1) is 16.9. The minimum absolute atomic E-state index is 0.0316. The van der Waals surface area contributed by atoms with Gasteiger partial charge < -0.3 is 9.47 Å². The molecule has 35 heavy (non-hydrogen) atoms. The predicted molar refractivity (Wildman–Crippen MR) is 139 cm³/mol. The third-order valence-corrected chi connectivity index (χ3v) is 6.37. The average Bonchev–Trinajstić information content (AvgIpc) is 3.29. The van der Waals surface area contributed by atoms with E-state index in [2.05, 4.69) is 44.2 Å². The molecule has 0 aromatic heterocycles. The van der Waals surface area contributed by atoms with Crippen LogP contribution in [0.2, 0.25) is 0 Å². The van der Waals surface area contributed by atoms with E-state index in [-0.39, 0.29) is 18.5 Å². The highest BCUT2D eigenvalue weighted by molar-refractivity contribution is 6.05. The van der Waals surface area contributed by atoms with Crippen LogP contribution in [0.3, 0.4) is 0 Å². The summed E-state index contributed by atoms with van der Waals surface area (Å²) < 4.78 is 11.0. The van der Waals surface area contributed by atoms with Crippen molar-refractivity contribution in [2.24, 2.45) is 5.10 Å². The molecule has 0 bridgehead atoms. The van der Waals surface area contributed by atoms with Gasteiger partial charge in [-0.15, -0.1) is 0 Å². The van der Waals surface area contributed by atoms with Gasteiger partial charge in [-0.3, -0.25) is 9.69 Å². The van der Waals surface area contributed by atoms with Gasteiger partial charge in [0, 0.05) is 24.6 Å². The summed E-state index contributed by atoms with van der Waals surface area (Å²) in [5.74, 6) is 1.36. The molecule has 6 heteroatoms. The van der Waals surface area contributed by atoms with Gasteiger partial charge >= 0.3 is 0 Å². The number of carbonyl (C=O) groups excluding carboxylic acids is 1. The van der Waals surface area contributed by atoms with Gasteiger partial charge in [0.2, 0.25) is 0 Å². The van der Waals surface area contributed by atoms with Crippen molar-refractivity contribution in [1.29, 1.82) is 0 Å². The fraction of sp³-hybridized carbons (Fsp3) is 0.310. The number of rotatable bonds is 8. The Morgan fingerprint density at radius 1 is 1.03 bits per heavy atom. The van der Waals surface area contributed by atoms with Crippen LogP contribution >= 0.6 is 0 Å². The largest absolute Gasteiger partial charge is 0.497 e. The molecule has 1 atom stereocenters. The molecule has 1 heterocycles. The summed E-state index contributed by atoms with van der Waals surface area (Å²) in [5.41, 5.74) is 6.33. The second-order valence-corrected chi connectivity index (χ2v) is 9.09. The Morgan fingerprint density at radius 3 is 2.49 bits per heavy atom. The first-order valence-corrected chi connectivity index (χ1v) is 11.8. The van der Waals surface area contributed by atoms with E-state index in [0.717, 1.165) is 22.4 Å². The van der Waals surface area contributed by atoms with E-state index in [9.17, 15) is 4.79 Å². The molecule has 0 radical (unpaired) electrons. The van der Waals surface area contributed by atoms with E-state index in [4.69, 9.17) is 14.6 Å². The third-order valence-electron chi connectivity index (χ3n) is 6.37. The van der Waals surface area contributed by atoms with Crippen LogP contribution in [0.25, 0.3) is 0 Å². The van der Waals surface area contributed by atoms with Crippen molar-refractivity contribution in [3.63, 3.8) is 0 Å². The second-order valence-electron chi connectivity index (χ2n) is 9.09. The van der Waals surface area contributed by atoms with Crippen LogP contribution < -0.4 is 9.47 Å². The number of hydrogen-bond acceptors (Lipinski definition) is 5. The lowest BCUT2D eigenvalue weighted by Gasteiger charge is -2.26. The zero-order chi connectivity index (χ0) is 24.9. The molecule has 1 aliphatic heterocycles. The van der Waals surface area contributed by atoms with Crippen molar-refractivity contribution < 1.29 is 14.3 Å². The Morgan fingerprint density at radius 2 is 1.80 bits per heavy atom. The molecule has 1 amide bonds. The molecular formula is C29H33N3O3. The molecule has 6 nitrogen and oxygen atoms in total. The van der Waals surface area contributed by atoms with E-state index in [0.29, 0.717) is 24.5 Å². The summed E-state index contributed by atoms with van der Waals surface area (Å²) in [6.45, 7) is 5.14. The normalized spacial score (nSPS) is 15.3. The smallest absolute Gasteiger partial charge is 0.257 e. The third kappa shape index (κ3) is 5.54. The van der Waals surface area contributed by atoms with E-state index >= 15 is 0 Å². The summed E-state index contributed by atoms with van der Waals surface area (Å²) in [7, 11) is 5.23. The van der Waals surface area contributed by atoms with E-state index in [1.165, 1.54) is 11.1 Å². The quantitative estimate of drug-likeness (QED) is 0.457. The number of likely N-dealkylation sites (N-methyl/N-ethyl adjacent to an activating group) is 1. The van der Waals surface area contributed by atoms with Gasteiger partial charge in [-0.25, -0.2) is 5.01 Å². The number of hydrazone groups is 1. The summed E-state index contributed by atoms with van der Waals surface area (Å²) >= 11 is 0. The van der Waals surface area contributed by atoms with Gasteiger partial charge in [0.1, 0.15) is 11.5 Å². The van der Waals surface area contributed by atoms with Crippen molar-refractivity contribution in [1.82, 2.24) is 9.91 Å². The van der Waals surface area contributed by atoms with E-state index in [1.54, 1.807) is 19.2 Å². The lowest BCUT2D eigenvalue weighted by molar-refractivity contribution is -0.134. The van der Waals surface area contributed by atoms with Gasteiger partial charge in [-0.1, -0.05) is 54.1 Å². The number of amides is 1. The monoisotopic (exact) mass is 471 g/mol. The number of methoxy groups -OCH3 is 2. The van der Waals surface area contributed by atoms with Crippen molar-refractivity contribution in [3.8, 4) is 11.5 Å². The number of hydrogen-bond donors (Lipinski definition) is 0. The Bertz CT molecular complexity index is 1220. The standard InChI is InChI=1S/C29H33N3O3/c1-20-11-13-24(21(2)15-20)27-17-26(25-14-12-23(34-4)16-28(25)35-5)30-32(27)29(33)19-31(3)18-22-9-7-6-8-10-22/h6-16,27H,17-19H2,1-5H3/t27-/m1/s1. The highest BCUT2D eigenvalue weighted by Gasteiger charge is 2.35. The van der Waals surface area contributed by atoms with Crippen molar-refractivity contribution in [2.45, 2.75) is 32.9 Å². The number of ether oxygens (including phenoxy) is 2. The van der Waals surface area contributed by atoms with Gasteiger partial charge in [0.05, 0.1) is 32.5 Å². The molecule has 0 fully saturated rings. The van der Waals surface area contributed by atoms with Gasteiger partial charge in [-0.2, -0.15) is 5.10 Å². The first-order valence-electron chi connectivity index (χ1n) is 11.8. The predicted octanol–water partition coefficient (Wildman–Crippen LogP) is 5.13. The maximum atomic E-state index is 13.6. The Hall–Kier alpha value is -3.64. The molecule has 0 saturated heterocycles. The molecule has 0 saturated carbocycles. The molecular weight excluding hydrogens is 438 g/mol. The molecule has 0 spiro atoms. The van der Waals surface area contributed by atoms with Gasteiger partial charge in [-0.05, 0) is 49.7 Å². The zero-order valence-corrected chi connectivity index (χ0v) is 21.1. The van der Waals surface area contributed by atoms with Gasteiger partial charge in [0.15, 0.2) is 0 Å². The molecule has 3 aromatic rings. The van der Waals surface area contributed by atoms with Crippen LogP contribution in [0.4, 0.5) is 0 Å². The van der Waals surface area contributed by atoms with Crippen molar-refractivity contribution in [3.05, 3.63) is 94.5 Å². The molecule has 0 aliphatic carbocycles. The molecule has 1 aliphatic rings. The van der Waals surface area contributed by atoms with E-state index in [1.807, 2.05) is 48.3 Å². The van der Waals surface area contributed by atoms with Crippen LogP contribution in [0.1, 0.15) is 40.3 Å². The minimum Gasteiger partial charge on any atom is -0.497 e. The average molecular weight is 472 g/mol. The highest BCUT2D eigenvalue weighted by atomic mass is 16.5. The molecule has 0 N–H and O–H groups in total. The maximum absolute atomic E-state index is 13.6. The molecule has 0 unspecified atom stereocenters. The van der Waals surface area contributed by atoms with E-state index < -0.39 is 0 Å². The minimum atomic E-state index is -0.171. The Balaban J connectivity index is 1.64. The van der Waals surface area contributed by atoms with Crippen LogP contribution in [0, 0.1) is 13.8 Å². The molecule has 182 valence electrons. The van der Waals surface area contributed by atoms with Crippen LogP contribution in [0.5, 0.6) is 11.5 Å². The SMILES string of the molecule is COc1ccc(C2=NN(C(=O)CN(C)Cc3ccccc3)[C@@H](c3ccc(C)cc3C)C2)c(OC)c1. The number of carbonyl (C=O) groups is 1. The fourth-order valence-corrected chi connectivity index (χ4v) is 4.64. The van der Waals surface area contributed by atoms with Crippen LogP contribution in [0.15, 0.2) is 71.8 Å². The van der Waals surface area contributed by atoms with Crippen molar-refractivity contribution in [2.75, 3.05) is 27.8 Å². The Labute approximate surface area is 207 Å². The summed E-state index contributed by atoms with van der Waals surface area (Å²) in [6, 6.07) is 22.1. The van der Waals surface area contributed by atoms with Crippen molar-refractivity contribution >= 4 is 11.6 Å². The van der Waals surface area contributed by atoms with Crippen LogP contribution in [-0.2, 0) is 11.3 Å². The summed E-state index contributed by atoms with van der Waals surface area (Å²) in [5, 5.41) is 6.52. The maximum Gasteiger partial charge on any atom is 0.257 e. The zero-order valence-electron chi connectivity index (χ0n) is 21.1. The highest BCUT2D eigenvalue weighted by Crippen LogP contribution is 2.37.